The van der Waals surface area contributed by atoms with Crippen molar-refractivity contribution in [2.24, 2.45) is 51.8 Å². The molecule has 8 heteroatoms. The summed E-state index contributed by atoms with van der Waals surface area (Å²) in [6, 6.07) is -0.478. The van der Waals surface area contributed by atoms with Gasteiger partial charge in [0.05, 0.1) is 30.3 Å². The van der Waals surface area contributed by atoms with Gasteiger partial charge in [0.25, 0.3) is 0 Å². The quantitative estimate of drug-likeness (QED) is 0.221. The highest BCUT2D eigenvalue weighted by Gasteiger charge is 2.71. The van der Waals surface area contributed by atoms with Crippen LogP contribution in [0.5, 0.6) is 0 Å². The van der Waals surface area contributed by atoms with E-state index in [0.29, 0.717) is 13.0 Å². The monoisotopic (exact) mass is 633 g/mol. The molecule has 2 unspecified atom stereocenters. The van der Waals surface area contributed by atoms with Crippen LogP contribution in [-0.4, -0.2) is 64.4 Å². The zero-order valence-corrected chi connectivity index (χ0v) is 30.5. The van der Waals surface area contributed by atoms with Gasteiger partial charge in [0.2, 0.25) is 0 Å². The number of nitrogens with one attached hydrogen (secondary N) is 1. The lowest BCUT2D eigenvalue weighted by Gasteiger charge is -2.71. The first-order valence-corrected chi connectivity index (χ1v) is 17.4. The van der Waals surface area contributed by atoms with E-state index in [-0.39, 0.29) is 47.5 Å². The second kappa shape index (κ2) is 11.8. The Balaban J connectivity index is 1.72. The number of rotatable bonds is 6. The van der Waals surface area contributed by atoms with Gasteiger partial charge < -0.3 is 29.7 Å². The van der Waals surface area contributed by atoms with Crippen LogP contribution in [0.4, 0.5) is 4.79 Å². The van der Waals surface area contributed by atoms with E-state index in [2.05, 4.69) is 67.6 Å². The summed E-state index contributed by atoms with van der Waals surface area (Å²) < 4.78 is 18.0. The summed E-state index contributed by atoms with van der Waals surface area (Å²) in [4.78, 5) is 26.6. The standard InChI is InChI=1S/C37H63NO7/c1-19(2)15-25(38-32(41)45-33(8,9)10)21(4)31(40)44-26-17-37(42)24(7)29-35(13)18-43-27(35)16-20(3)36(29,14)30(39)23(6)28(22(26)5)34(37,11)12/h19-21,23-27,29-30,39,42H,15-18H2,1-14H3,(H,38,41)/t20-,21?,23-,24-,25-,26?,27+,29+,30-,35+,36+,37+/m0/s1. The van der Waals surface area contributed by atoms with Crippen LogP contribution in [-0.2, 0) is 19.0 Å². The molecule has 1 saturated heterocycles. The molecule has 4 rings (SSSR count). The number of esters is 1. The number of hydrogen-bond donors (Lipinski definition) is 3. The molecule has 1 amide bonds. The fourth-order valence-corrected chi connectivity index (χ4v) is 10.4. The summed E-state index contributed by atoms with van der Waals surface area (Å²) in [5, 5.41) is 28.4. The largest absolute Gasteiger partial charge is 0.457 e. The lowest BCUT2D eigenvalue weighted by molar-refractivity contribution is -0.316. The first-order chi connectivity index (χ1) is 20.4. The van der Waals surface area contributed by atoms with E-state index in [9.17, 15) is 19.8 Å². The number of aliphatic hydroxyl groups excluding tert-OH is 1. The van der Waals surface area contributed by atoms with Gasteiger partial charge in [-0.3, -0.25) is 4.79 Å². The zero-order valence-electron chi connectivity index (χ0n) is 30.5. The number of carbonyl (C=O) groups is 2. The number of hydrogen-bond acceptors (Lipinski definition) is 7. The van der Waals surface area contributed by atoms with Crippen molar-refractivity contribution in [2.45, 2.75) is 152 Å². The maximum Gasteiger partial charge on any atom is 0.407 e. The molecule has 1 aliphatic heterocycles. The summed E-state index contributed by atoms with van der Waals surface area (Å²) in [6.45, 7) is 29.1. The van der Waals surface area contributed by atoms with Crippen LogP contribution in [0.15, 0.2) is 11.1 Å². The lowest BCUT2D eigenvalue weighted by Crippen LogP contribution is -2.73. The first-order valence-electron chi connectivity index (χ1n) is 17.4. The number of fused-ring (bicyclic) bond motifs is 5. The van der Waals surface area contributed by atoms with Crippen molar-refractivity contribution in [1.29, 1.82) is 0 Å². The van der Waals surface area contributed by atoms with E-state index in [1.807, 2.05) is 27.7 Å². The van der Waals surface area contributed by atoms with Gasteiger partial charge in [-0.15, -0.1) is 0 Å². The van der Waals surface area contributed by atoms with Crippen LogP contribution in [0.2, 0.25) is 0 Å². The predicted octanol–water partition coefficient (Wildman–Crippen LogP) is 6.67. The maximum absolute atomic E-state index is 13.9. The van der Waals surface area contributed by atoms with E-state index in [1.165, 1.54) is 0 Å². The molecule has 12 atom stereocenters. The molecule has 0 spiro atoms. The van der Waals surface area contributed by atoms with Crippen molar-refractivity contribution in [2.75, 3.05) is 6.61 Å². The van der Waals surface area contributed by atoms with Crippen LogP contribution >= 0.6 is 0 Å². The summed E-state index contributed by atoms with van der Waals surface area (Å²) in [5.41, 5.74) is -1.24. The van der Waals surface area contributed by atoms with E-state index < -0.39 is 58.3 Å². The van der Waals surface area contributed by atoms with Crippen LogP contribution in [0.1, 0.15) is 116 Å². The molecule has 1 heterocycles. The highest BCUT2D eigenvalue weighted by Crippen LogP contribution is 2.69. The summed E-state index contributed by atoms with van der Waals surface area (Å²) in [5.74, 6) is -1.09. The van der Waals surface area contributed by atoms with Crippen LogP contribution in [0, 0.1) is 51.8 Å². The molecule has 2 bridgehead atoms. The van der Waals surface area contributed by atoms with Gasteiger partial charge in [0.1, 0.15) is 11.7 Å². The Morgan fingerprint density at radius 2 is 1.69 bits per heavy atom. The van der Waals surface area contributed by atoms with Gasteiger partial charge in [0.15, 0.2) is 0 Å². The van der Waals surface area contributed by atoms with Gasteiger partial charge in [-0.1, -0.05) is 67.9 Å². The minimum Gasteiger partial charge on any atom is -0.457 e. The Labute approximate surface area is 272 Å². The van der Waals surface area contributed by atoms with Crippen molar-refractivity contribution in [3.8, 4) is 0 Å². The van der Waals surface area contributed by atoms with Crippen LogP contribution in [0.3, 0.4) is 0 Å². The third-order valence-corrected chi connectivity index (χ3v) is 13.0. The van der Waals surface area contributed by atoms with Crippen molar-refractivity contribution in [3.05, 3.63) is 11.1 Å². The molecule has 3 aliphatic carbocycles. The molecule has 0 aromatic rings. The Morgan fingerprint density at radius 3 is 2.20 bits per heavy atom. The average Bonchev–Trinajstić information content (AvgIpc) is 2.89. The molecular weight excluding hydrogens is 570 g/mol. The van der Waals surface area contributed by atoms with Gasteiger partial charge in [-0.25, -0.2) is 4.79 Å². The van der Waals surface area contributed by atoms with E-state index in [1.54, 1.807) is 6.92 Å². The third-order valence-electron chi connectivity index (χ3n) is 13.0. The lowest BCUT2D eigenvalue weighted by atomic mass is 9.38. The average molecular weight is 634 g/mol. The Morgan fingerprint density at radius 1 is 1.09 bits per heavy atom. The highest BCUT2D eigenvalue weighted by molar-refractivity contribution is 5.75. The molecule has 8 nitrogen and oxygen atoms in total. The molecule has 3 fully saturated rings. The molecule has 0 aromatic carbocycles. The predicted molar refractivity (Wildman–Crippen MR) is 175 cm³/mol. The minimum absolute atomic E-state index is 0.00194. The van der Waals surface area contributed by atoms with Crippen LogP contribution in [0.25, 0.3) is 0 Å². The summed E-state index contributed by atoms with van der Waals surface area (Å²) >= 11 is 0. The van der Waals surface area contributed by atoms with E-state index in [4.69, 9.17) is 14.2 Å². The second-order valence-electron chi connectivity index (χ2n) is 17.8. The fraction of sp³-hybridized carbons (Fsp3) is 0.892. The first kappa shape index (κ1) is 36.2. The van der Waals surface area contributed by atoms with Crippen LogP contribution < -0.4 is 5.32 Å². The molecule has 0 radical (unpaired) electrons. The second-order valence-corrected chi connectivity index (χ2v) is 17.8. The molecule has 45 heavy (non-hydrogen) atoms. The van der Waals surface area contributed by atoms with Crippen molar-refractivity contribution >= 4 is 12.1 Å². The summed E-state index contributed by atoms with van der Waals surface area (Å²) in [6.07, 6.45) is -0.00631. The number of carbonyl (C=O) groups excluding carboxylic acids is 2. The summed E-state index contributed by atoms with van der Waals surface area (Å²) in [7, 11) is 0. The topological polar surface area (TPSA) is 114 Å². The molecule has 4 aliphatic rings. The maximum atomic E-state index is 13.9. The zero-order chi connectivity index (χ0) is 34.2. The van der Waals surface area contributed by atoms with Gasteiger partial charge in [-0.05, 0) is 76.7 Å². The van der Waals surface area contributed by atoms with Gasteiger partial charge >= 0.3 is 12.1 Å². The fourth-order valence-electron chi connectivity index (χ4n) is 10.4. The third kappa shape index (κ3) is 5.77. The van der Waals surface area contributed by atoms with Crippen molar-refractivity contribution in [1.82, 2.24) is 5.32 Å². The number of ether oxygens (including phenoxy) is 3. The van der Waals surface area contributed by atoms with Crippen molar-refractivity contribution in [3.63, 3.8) is 0 Å². The van der Waals surface area contributed by atoms with Crippen molar-refractivity contribution < 1.29 is 34.0 Å². The van der Waals surface area contributed by atoms with Gasteiger partial charge in [-0.2, -0.15) is 0 Å². The SMILES string of the molecule is CC1=C2[C@H](C)[C@H](O)[C@@]3(C)[C@H]([C@H](C)[C@](O)(CC1OC(=O)C(C)[C@H](CC(C)C)NC(=O)OC(C)(C)C)C2(C)C)[C@]1(C)CO[C@@H]1C[C@@H]3C. The number of amides is 1. The van der Waals surface area contributed by atoms with E-state index in [0.717, 1.165) is 17.6 Å². The highest BCUT2D eigenvalue weighted by atomic mass is 16.6. The molecular formula is C37H63NO7. The van der Waals surface area contributed by atoms with Gasteiger partial charge in [0, 0.05) is 34.6 Å². The minimum atomic E-state index is -1.21. The molecule has 0 aromatic heterocycles. The number of aliphatic hydroxyl groups is 2. The normalized spacial score (nSPS) is 42.3. The number of alkyl carbamates (subject to hydrolysis) is 1. The molecule has 3 N–H and O–H groups in total. The van der Waals surface area contributed by atoms with E-state index >= 15 is 0 Å². The Kier molecular flexibility index (Phi) is 9.49. The molecule has 2 saturated carbocycles. The smallest absolute Gasteiger partial charge is 0.407 e. The Hall–Kier alpha value is -1.64. The molecule has 258 valence electrons. The Bertz CT molecular complexity index is 1190.